The average Bonchev–Trinajstić information content (AvgIpc) is 2.85. The van der Waals surface area contributed by atoms with Crippen molar-refractivity contribution >= 4 is 56.5 Å². The first-order valence-electron chi connectivity index (χ1n) is 7.72. The van der Waals surface area contributed by atoms with E-state index < -0.39 is 5.25 Å². The van der Waals surface area contributed by atoms with Crippen LogP contribution in [0.3, 0.4) is 0 Å². The molecule has 0 spiro atoms. The third-order valence-corrected chi connectivity index (χ3v) is 6.21. The Kier molecular flexibility index (Phi) is 5.27. The van der Waals surface area contributed by atoms with Crippen LogP contribution in [0, 0.1) is 13.8 Å². The van der Waals surface area contributed by atoms with Crippen molar-refractivity contribution in [3.63, 3.8) is 0 Å². The molecule has 3 rings (SSSR count). The van der Waals surface area contributed by atoms with E-state index in [0.29, 0.717) is 20.4 Å². The third-order valence-electron chi connectivity index (χ3n) is 3.89. The molecule has 0 saturated carbocycles. The van der Waals surface area contributed by atoms with E-state index >= 15 is 0 Å². The van der Waals surface area contributed by atoms with Gasteiger partial charge < -0.3 is 15.4 Å². The van der Waals surface area contributed by atoms with E-state index in [1.807, 2.05) is 13.8 Å². The Bertz CT molecular complexity index is 1060. The van der Waals surface area contributed by atoms with Crippen molar-refractivity contribution < 1.29 is 9.90 Å². The number of carbonyl (C=O) groups excluding carboxylic acids is 1. The number of H-pyrrole nitrogens is 1. The number of anilines is 1. The van der Waals surface area contributed by atoms with Gasteiger partial charge >= 0.3 is 0 Å². The average molecular weight is 410 g/mol. The highest BCUT2D eigenvalue weighted by molar-refractivity contribution is 8.00. The second-order valence-corrected chi connectivity index (χ2v) is 8.71. The van der Waals surface area contributed by atoms with Crippen LogP contribution in [0.1, 0.15) is 17.4 Å². The number of thioether (sulfide) groups is 1. The Morgan fingerprint density at radius 2 is 2.15 bits per heavy atom. The van der Waals surface area contributed by atoms with E-state index in [-0.39, 0.29) is 22.9 Å². The molecular formula is C17H16ClN3O3S2. The number of phenolic OH excluding ortho intramolecular Hbond substituents is 1. The summed E-state index contributed by atoms with van der Waals surface area (Å²) in [5, 5.41) is 13.3. The van der Waals surface area contributed by atoms with E-state index in [1.165, 1.54) is 29.5 Å². The van der Waals surface area contributed by atoms with Crippen LogP contribution >= 0.6 is 34.7 Å². The number of carbonyl (C=O) groups is 1. The Morgan fingerprint density at radius 3 is 2.88 bits per heavy atom. The molecule has 6 nitrogen and oxygen atoms in total. The smallest absolute Gasteiger partial charge is 0.260 e. The lowest BCUT2D eigenvalue weighted by Gasteiger charge is -2.12. The van der Waals surface area contributed by atoms with E-state index in [0.717, 1.165) is 22.2 Å². The molecule has 0 saturated heterocycles. The highest BCUT2D eigenvalue weighted by atomic mass is 35.5. The van der Waals surface area contributed by atoms with Crippen molar-refractivity contribution in [3.05, 3.63) is 44.0 Å². The summed E-state index contributed by atoms with van der Waals surface area (Å²) in [5.41, 5.74) is 0.952. The molecule has 0 bridgehead atoms. The molecule has 3 N–H and O–H groups in total. The number of thiophene rings is 1. The van der Waals surface area contributed by atoms with Crippen LogP contribution < -0.4 is 10.9 Å². The van der Waals surface area contributed by atoms with Crippen LogP contribution in [0.4, 0.5) is 5.69 Å². The summed E-state index contributed by atoms with van der Waals surface area (Å²) in [6.45, 7) is 5.53. The minimum atomic E-state index is -0.545. The molecule has 1 aromatic carbocycles. The predicted octanol–water partition coefficient (Wildman–Crippen LogP) is 4.08. The molecule has 3 aromatic rings. The number of phenols is 1. The summed E-state index contributed by atoms with van der Waals surface area (Å²) in [4.78, 5) is 33.6. The molecule has 1 unspecified atom stereocenters. The maximum Gasteiger partial charge on any atom is 0.260 e. The van der Waals surface area contributed by atoms with Gasteiger partial charge in [0.25, 0.3) is 5.56 Å². The van der Waals surface area contributed by atoms with Crippen molar-refractivity contribution in [1.82, 2.24) is 9.97 Å². The van der Waals surface area contributed by atoms with Gasteiger partial charge in [-0.25, -0.2) is 4.98 Å². The van der Waals surface area contributed by atoms with Crippen LogP contribution in [0.2, 0.25) is 5.02 Å². The number of amides is 1. The number of aromatic hydroxyl groups is 1. The summed E-state index contributed by atoms with van der Waals surface area (Å²) in [5.74, 6) is -0.411. The summed E-state index contributed by atoms with van der Waals surface area (Å²) in [7, 11) is 0. The van der Waals surface area contributed by atoms with Crippen molar-refractivity contribution in [2.75, 3.05) is 5.32 Å². The van der Waals surface area contributed by atoms with Crippen molar-refractivity contribution in [2.24, 2.45) is 0 Å². The number of fused-ring (bicyclic) bond motifs is 1. The lowest BCUT2D eigenvalue weighted by Crippen LogP contribution is -2.23. The minimum Gasteiger partial charge on any atom is -0.506 e. The number of hydrogen-bond donors (Lipinski definition) is 3. The van der Waals surface area contributed by atoms with Gasteiger partial charge in [0.1, 0.15) is 10.6 Å². The standard InChI is InChI=1S/C17H16ClN3O3S2/c1-7-8(2)25-16-13(7)15(24)20-17(21-16)26-9(3)14(23)19-11-6-10(18)4-5-12(11)22/h4-6,9,22H,1-3H3,(H,19,23)(H,20,21,24). The number of halogens is 1. The number of aromatic amines is 1. The molecule has 136 valence electrons. The molecule has 0 radical (unpaired) electrons. The van der Waals surface area contributed by atoms with Crippen LogP contribution in [0.25, 0.3) is 10.2 Å². The first kappa shape index (κ1) is 18.8. The number of nitrogens with one attached hydrogen (secondary N) is 2. The quantitative estimate of drug-likeness (QED) is 0.343. The van der Waals surface area contributed by atoms with Gasteiger partial charge in [0.15, 0.2) is 5.16 Å². The van der Waals surface area contributed by atoms with Gasteiger partial charge in [0.2, 0.25) is 5.91 Å². The maximum absolute atomic E-state index is 12.4. The maximum atomic E-state index is 12.4. The highest BCUT2D eigenvalue weighted by Crippen LogP contribution is 2.30. The topological polar surface area (TPSA) is 95.1 Å². The number of aromatic nitrogens is 2. The van der Waals surface area contributed by atoms with Crippen LogP contribution in [0.15, 0.2) is 28.2 Å². The zero-order chi connectivity index (χ0) is 19.0. The molecule has 0 aliphatic carbocycles. The highest BCUT2D eigenvalue weighted by Gasteiger charge is 2.19. The Hall–Kier alpha value is -2.03. The van der Waals surface area contributed by atoms with Gasteiger partial charge in [-0.1, -0.05) is 23.4 Å². The fraction of sp³-hybridized carbons (Fsp3) is 0.235. The van der Waals surface area contributed by atoms with Crippen molar-refractivity contribution in [3.8, 4) is 5.75 Å². The summed E-state index contributed by atoms with van der Waals surface area (Å²) in [6.07, 6.45) is 0. The minimum absolute atomic E-state index is 0.0718. The van der Waals surface area contributed by atoms with E-state index in [4.69, 9.17) is 11.6 Å². The Balaban J connectivity index is 1.80. The number of nitrogens with zero attached hydrogens (tertiary/aromatic N) is 1. The number of aryl methyl sites for hydroxylation is 2. The summed E-state index contributed by atoms with van der Waals surface area (Å²) < 4.78 is 0. The van der Waals surface area contributed by atoms with E-state index in [2.05, 4.69) is 15.3 Å². The van der Waals surface area contributed by atoms with Gasteiger partial charge in [-0.05, 0) is 44.5 Å². The SMILES string of the molecule is Cc1sc2nc(SC(C)C(=O)Nc3cc(Cl)ccc3O)[nH]c(=O)c2c1C. The second-order valence-electron chi connectivity index (χ2n) is 5.75. The van der Waals surface area contributed by atoms with Crippen LogP contribution in [-0.4, -0.2) is 26.2 Å². The zero-order valence-electron chi connectivity index (χ0n) is 14.2. The van der Waals surface area contributed by atoms with Gasteiger partial charge in [-0.15, -0.1) is 11.3 Å². The van der Waals surface area contributed by atoms with Crippen LogP contribution in [-0.2, 0) is 4.79 Å². The number of benzene rings is 1. The molecule has 0 aliphatic rings. The molecule has 1 amide bonds. The Morgan fingerprint density at radius 1 is 1.42 bits per heavy atom. The monoisotopic (exact) mass is 409 g/mol. The largest absolute Gasteiger partial charge is 0.506 e. The molecule has 1 atom stereocenters. The molecule has 0 fully saturated rings. The molecule has 2 heterocycles. The van der Waals surface area contributed by atoms with Crippen molar-refractivity contribution in [1.29, 1.82) is 0 Å². The second kappa shape index (κ2) is 7.30. The third kappa shape index (κ3) is 3.72. The number of hydrogen-bond acceptors (Lipinski definition) is 6. The molecule has 0 aliphatic heterocycles. The molecule has 2 aromatic heterocycles. The fourth-order valence-corrected chi connectivity index (χ4v) is 4.41. The lowest BCUT2D eigenvalue weighted by atomic mass is 10.2. The molecular weight excluding hydrogens is 394 g/mol. The van der Waals surface area contributed by atoms with E-state index in [1.54, 1.807) is 6.92 Å². The lowest BCUT2D eigenvalue weighted by molar-refractivity contribution is -0.115. The number of rotatable bonds is 4. The summed E-state index contributed by atoms with van der Waals surface area (Å²) in [6, 6.07) is 4.40. The van der Waals surface area contributed by atoms with Crippen molar-refractivity contribution in [2.45, 2.75) is 31.2 Å². The zero-order valence-corrected chi connectivity index (χ0v) is 16.6. The molecule has 9 heteroatoms. The first-order valence-corrected chi connectivity index (χ1v) is 9.79. The van der Waals surface area contributed by atoms with Gasteiger partial charge in [-0.3, -0.25) is 9.59 Å². The van der Waals surface area contributed by atoms with Gasteiger partial charge in [0.05, 0.1) is 16.3 Å². The predicted molar refractivity (Wildman–Crippen MR) is 107 cm³/mol. The Labute approximate surface area is 162 Å². The fourth-order valence-electron chi connectivity index (χ4n) is 2.35. The molecule has 26 heavy (non-hydrogen) atoms. The van der Waals surface area contributed by atoms with E-state index in [9.17, 15) is 14.7 Å². The van der Waals surface area contributed by atoms with Crippen LogP contribution in [0.5, 0.6) is 5.75 Å². The van der Waals surface area contributed by atoms with Gasteiger partial charge in [-0.2, -0.15) is 0 Å². The van der Waals surface area contributed by atoms with Gasteiger partial charge in [0, 0.05) is 9.90 Å². The first-order chi connectivity index (χ1) is 12.3. The normalized spacial score (nSPS) is 12.3. The summed E-state index contributed by atoms with van der Waals surface area (Å²) >= 11 is 8.48.